The van der Waals surface area contributed by atoms with Crippen molar-refractivity contribution < 1.29 is 15.3 Å². The molecule has 3 heteroatoms. The Labute approximate surface area is 96.4 Å². The molecular weight excluding hydrogens is 204 g/mol. The zero-order valence-electron chi connectivity index (χ0n) is 9.39. The van der Waals surface area contributed by atoms with Crippen molar-refractivity contribution in [2.24, 2.45) is 0 Å². The molecule has 0 unspecified atom stereocenters. The Morgan fingerprint density at radius 3 is 1.69 bits per heavy atom. The molecule has 0 aliphatic heterocycles. The van der Waals surface area contributed by atoms with Gasteiger partial charge in [-0.25, -0.2) is 0 Å². The molecule has 1 rings (SSSR count). The first kappa shape index (κ1) is 13.2. The van der Waals surface area contributed by atoms with E-state index in [0.717, 1.165) is 5.56 Å². The van der Waals surface area contributed by atoms with Crippen molar-refractivity contribution in [2.45, 2.75) is 24.7 Å². The van der Waals surface area contributed by atoms with E-state index in [1.54, 1.807) is 0 Å². The van der Waals surface area contributed by atoms with Gasteiger partial charge in [0.15, 0.2) is 0 Å². The minimum atomic E-state index is -0.326. The standard InChI is InChI=1S/C13H19O3/c14-9-6-13(7-10-15,8-11-16)12-4-2-1-3-5-12/h2-5,14-16H,6-11H2. The minimum Gasteiger partial charge on any atom is -0.396 e. The Kier molecular flexibility index (Phi) is 5.46. The average Bonchev–Trinajstić information content (AvgIpc) is 2.31. The first-order valence-electron chi connectivity index (χ1n) is 5.58. The van der Waals surface area contributed by atoms with Gasteiger partial charge in [-0.05, 0) is 30.9 Å². The number of hydrogen-bond acceptors (Lipinski definition) is 3. The largest absolute Gasteiger partial charge is 0.396 e. The summed E-state index contributed by atoms with van der Waals surface area (Å²) < 4.78 is 0. The SMILES string of the molecule is OCCC(CCO)(CCO)c1cc[c]cc1. The molecule has 1 aromatic carbocycles. The Morgan fingerprint density at radius 1 is 0.875 bits per heavy atom. The van der Waals surface area contributed by atoms with E-state index in [2.05, 4.69) is 6.07 Å². The van der Waals surface area contributed by atoms with Gasteiger partial charge in [-0.2, -0.15) is 0 Å². The van der Waals surface area contributed by atoms with Crippen LogP contribution in [-0.2, 0) is 5.41 Å². The third kappa shape index (κ3) is 3.04. The second-order valence-corrected chi connectivity index (χ2v) is 3.99. The topological polar surface area (TPSA) is 60.7 Å². The summed E-state index contributed by atoms with van der Waals surface area (Å²) in [5.41, 5.74) is 0.719. The summed E-state index contributed by atoms with van der Waals surface area (Å²) in [6.45, 7) is 0.163. The van der Waals surface area contributed by atoms with Gasteiger partial charge in [0, 0.05) is 25.2 Å². The molecule has 0 fully saturated rings. The van der Waals surface area contributed by atoms with Crippen molar-refractivity contribution in [3.63, 3.8) is 0 Å². The minimum absolute atomic E-state index is 0.0542. The summed E-state index contributed by atoms with van der Waals surface area (Å²) in [6.07, 6.45) is 1.66. The molecule has 16 heavy (non-hydrogen) atoms. The maximum absolute atomic E-state index is 9.15. The second-order valence-electron chi connectivity index (χ2n) is 3.99. The van der Waals surface area contributed by atoms with E-state index in [1.807, 2.05) is 24.3 Å². The first-order valence-corrected chi connectivity index (χ1v) is 5.58. The molecule has 3 nitrogen and oxygen atoms in total. The summed E-state index contributed by atoms with van der Waals surface area (Å²) in [5.74, 6) is 0. The fraction of sp³-hybridized carbons (Fsp3) is 0.538. The van der Waals surface area contributed by atoms with Gasteiger partial charge in [-0.15, -0.1) is 0 Å². The summed E-state index contributed by atoms with van der Waals surface area (Å²) >= 11 is 0. The molecule has 0 atom stereocenters. The molecule has 0 bridgehead atoms. The molecule has 0 aliphatic rings. The van der Waals surface area contributed by atoms with Gasteiger partial charge in [0.2, 0.25) is 0 Å². The van der Waals surface area contributed by atoms with Crippen LogP contribution in [0.25, 0.3) is 0 Å². The number of benzene rings is 1. The van der Waals surface area contributed by atoms with E-state index < -0.39 is 0 Å². The predicted molar refractivity (Wildman–Crippen MR) is 62.1 cm³/mol. The molecule has 0 aliphatic carbocycles. The number of rotatable bonds is 7. The fourth-order valence-electron chi connectivity index (χ4n) is 2.19. The molecule has 0 aromatic heterocycles. The van der Waals surface area contributed by atoms with Gasteiger partial charge < -0.3 is 15.3 Å². The molecule has 0 spiro atoms. The van der Waals surface area contributed by atoms with Crippen molar-refractivity contribution in [1.82, 2.24) is 0 Å². The maximum atomic E-state index is 9.15. The van der Waals surface area contributed by atoms with Crippen LogP contribution in [-0.4, -0.2) is 35.1 Å². The van der Waals surface area contributed by atoms with Gasteiger partial charge in [0.1, 0.15) is 0 Å². The van der Waals surface area contributed by atoms with Crippen LogP contribution in [0.4, 0.5) is 0 Å². The lowest BCUT2D eigenvalue weighted by Crippen LogP contribution is -2.30. The van der Waals surface area contributed by atoms with Crippen LogP contribution in [0.2, 0.25) is 0 Å². The van der Waals surface area contributed by atoms with Crippen LogP contribution in [0.5, 0.6) is 0 Å². The number of aliphatic hydroxyl groups is 3. The fourth-order valence-corrected chi connectivity index (χ4v) is 2.19. The highest BCUT2D eigenvalue weighted by molar-refractivity contribution is 5.25. The Hall–Kier alpha value is -0.900. The van der Waals surface area contributed by atoms with E-state index >= 15 is 0 Å². The normalized spacial score (nSPS) is 11.7. The van der Waals surface area contributed by atoms with Crippen molar-refractivity contribution in [3.8, 4) is 0 Å². The van der Waals surface area contributed by atoms with Crippen LogP contribution in [0.1, 0.15) is 24.8 Å². The lowest BCUT2D eigenvalue weighted by molar-refractivity contribution is 0.156. The number of hydrogen-bond donors (Lipinski definition) is 3. The van der Waals surface area contributed by atoms with Crippen LogP contribution in [0.3, 0.4) is 0 Å². The van der Waals surface area contributed by atoms with Crippen LogP contribution < -0.4 is 0 Å². The van der Waals surface area contributed by atoms with Crippen molar-refractivity contribution >= 4 is 0 Å². The molecule has 0 heterocycles. The lowest BCUT2D eigenvalue weighted by atomic mass is 9.73. The highest BCUT2D eigenvalue weighted by atomic mass is 16.3. The van der Waals surface area contributed by atoms with E-state index in [1.165, 1.54) is 0 Å². The zero-order valence-corrected chi connectivity index (χ0v) is 9.39. The predicted octanol–water partition coefficient (Wildman–Crippen LogP) is 0.872. The molecular formula is C13H19O3. The number of aliphatic hydroxyl groups excluding tert-OH is 3. The van der Waals surface area contributed by atoms with E-state index in [9.17, 15) is 0 Å². The third-order valence-electron chi connectivity index (χ3n) is 3.10. The second kappa shape index (κ2) is 6.63. The van der Waals surface area contributed by atoms with E-state index in [4.69, 9.17) is 15.3 Å². The summed E-state index contributed by atoms with van der Waals surface area (Å²) in [5, 5.41) is 27.4. The molecule has 1 aromatic rings. The highest BCUT2D eigenvalue weighted by Gasteiger charge is 2.30. The van der Waals surface area contributed by atoms with Crippen molar-refractivity contribution in [2.75, 3.05) is 19.8 Å². The molecule has 89 valence electrons. The Morgan fingerprint density at radius 2 is 1.31 bits per heavy atom. The van der Waals surface area contributed by atoms with Gasteiger partial charge in [0.05, 0.1) is 0 Å². The molecule has 3 N–H and O–H groups in total. The monoisotopic (exact) mass is 223 g/mol. The van der Waals surface area contributed by atoms with Crippen LogP contribution in [0.15, 0.2) is 24.3 Å². The summed E-state index contributed by atoms with van der Waals surface area (Å²) in [6, 6.07) is 10.4. The van der Waals surface area contributed by atoms with Gasteiger partial charge >= 0.3 is 0 Å². The third-order valence-corrected chi connectivity index (χ3v) is 3.10. The lowest BCUT2D eigenvalue weighted by Gasteiger charge is -2.33. The molecule has 0 saturated heterocycles. The summed E-state index contributed by atoms with van der Waals surface area (Å²) in [4.78, 5) is 0. The smallest absolute Gasteiger partial charge is 0.0439 e. The van der Waals surface area contributed by atoms with Crippen LogP contribution >= 0.6 is 0 Å². The van der Waals surface area contributed by atoms with E-state index in [0.29, 0.717) is 19.3 Å². The summed E-state index contributed by atoms with van der Waals surface area (Å²) in [7, 11) is 0. The quantitative estimate of drug-likeness (QED) is 0.643. The highest BCUT2D eigenvalue weighted by Crippen LogP contribution is 2.34. The Bertz CT molecular complexity index is 267. The first-order chi connectivity index (χ1) is 7.79. The molecule has 0 amide bonds. The van der Waals surface area contributed by atoms with Crippen LogP contribution in [0, 0.1) is 6.07 Å². The van der Waals surface area contributed by atoms with Gasteiger partial charge in [-0.3, -0.25) is 0 Å². The molecule has 1 radical (unpaired) electrons. The average molecular weight is 223 g/mol. The van der Waals surface area contributed by atoms with Crippen molar-refractivity contribution in [1.29, 1.82) is 0 Å². The van der Waals surface area contributed by atoms with Gasteiger partial charge in [0.25, 0.3) is 0 Å². The molecule has 0 saturated carbocycles. The van der Waals surface area contributed by atoms with E-state index in [-0.39, 0.29) is 25.2 Å². The van der Waals surface area contributed by atoms with Crippen molar-refractivity contribution in [3.05, 3.63) is 35.9 Å². The maximum Gasteiger partial charge on any atom is 0.0439 e. The Balaban J connectivity index is 2.99. The van der Waals surface area contributed by atoms with Gasteiger partial charge in [-0.1, -0.05) is 24.3 Å². The zero-order chi connectivity index (χ0) is 11.9.